The van der Waals surface area contributed by atoms with Crippen LogP contribution < -0.4 is 0 Å². The predicted octanol–water partition coefficient (Wildman–Crippen LogP) is 1.32. The molecule has 0 bridgehead atoms. The van der Waals surface area contributed by atoms with Gasteiger partial charge in [-0.2, -0.15) is 5.10 Å². The number of nitrogens with zero attached hydrogens (tertiary/aromatic N) is 2. The Morgan fingerprint density at radius 1 is 1.47 bits per heavy atom. The molecule has 3 heterocycles. The van der Waals surface area contributed by atoms with Crippen molar-refractivity contribution in [1.82, 2.24) is 9.78 Å². The Morgan fingerprint density at radius 3 is 2.89 bits per heavy atom. The summed E-state index contributed by atoms with van der Waals surface area (Å²) < 4.78 is 29.7. The summed E-state index contributed by atoms with van der Waals surface area (Å²) in [6.07, 6.45) is 4.31. The minimum Gasteiger partial charge on any atom is -0.463 e. The highest BCUT2D eigenvalue weighted by molar-refractivity contribution is 7.91. The first-order chi connectivity index (χ1) is 9.09. The molecule has 1 unspecified atom stereocenters. The Hall–Kier alpha value is -1.89. The number of carbonyl (C=O) groups excluding carboxylic acids is 1. The second-order valence-electron chi connectivity index (χ2n) is 4.57. The second-order valence-corrected chi connectivity index (χ2v) is 6.79. The summed E-state index contributed by atoms with van der Waals surface area (Å²) in [6, 6.07) is 3.22. The highest BCUT2D eigenvalue weighted by Gasteiger charge is 2.30. The first-order valence-corrected chi connectivity index (χ1v) is 7.70. The first-order valence-electron chi connectivity index (χ1n) is 5.88. The van der Waals surface area contributed by atoms with Crippen LogP contribution in [0.4, 0.5) is 0 Å². The van der Waals surface area contributed by atoms with Crippen LogP contribution in [0.5, 0.6) is 0 Å². The molecular weight excluding hydrogens is 268 g/mol. The van der Waals surface area contributed by atoms with Crippen LogP contribution in [0.1, 0.15) is 22.8 Å². The molecule has 1 aliphatic rings. The number of aldehydes is 1. The van der Waals surface area contributed by atoms with Gasteiger partial charge >= 0.3 is 0 Å². The Morgan fingerprint density at radius 2 is 2.32 bits per heavy atom. The minimum atomic E-state index is -2.98. The normalized spacial score (nSPS) is 21.6. The molecular formula is C12H12N2O4S. The Bertz CT molecular complexity index is 700. The number of sulfone groups is 1. The maximum absolute atomic E-state index is 11.5. The number of rotatable bonds is 3. The Balaban J connectivity index is 1.99. The molecule has 1 aliphatic heterocycles. The molecule has 1 fully saturated rings. The lowest BCUT2D eigenvalue weighted by Crippen LogP contribution is -2.11. The van der Waals surface area contributed by atoms with Gasteiger partial charge in [-0.1, -0.05) is 0 Å². The van der Waals surface area contributed by atoms with Crippen molar-refractivity contribution in [3.05, 3.63) is 30.2 Å². The van der Waals surface area contributed by atoms with Crippen LogP contribution in [0.2, 0.25) is 0 Å². The summed E-state index contributed by atoms with van der Waals surface area (Å²) in [5.74, 6) is 0.746. The van der Waals surface area contributed by atoms with Crippen molar-refractivity contribution < 1.29 is 17.6 Å². The van der Waals surface area contributed by atoms with E-state index < -0.39 is 9.84 Å². The fourth-order valence-electron chi connectivity index (χ4n) is 2.27. The molecule has 1 saturated heterocycles. The quantitative estimate of drug-likeness (QED) is 0.792. The van der Waals surface area contributed by atoms with Gasteiger partial charge in [-0.25, -0.2) is 8.42 Å². The van der Waals surface area contributed by atoms with E-state index in [1.807, 2.05) is 0 Å². The van der Waals surface area contributed by atoms with Crippen LogP contribution in [0, 0.1) is 0 Å². The van der Waals surface area contributed by atoms with E-state index in [0.29, 0.717) is 29.7 Å². The zero-order valence-electron chi connectivity index (χ0n) is 10.0. The average molecular weight is 280 g/mol. The van der Waals surface area contributed by atoms with Gasteiger partial charge in [0.2, 0.25) is 0 Å². The molecule has 0 aliphatic carbocycles. The number of hydrogen-bond acceptors (Lipinski definition) is 5. The third-order valence-corrected chi connectivity index (χ3v) is 4.97. The van der Waals surface area contributed by atoms with E-state index in [-0.39, 0.29) is 17.5 Å². The van der Waals surface area contributed by atoms with Crippen molar-refractivity contribution in [3.8, 4) is 11.5 Å². The fraction of sp³-hybridized carbons (Fsp3) is 0.333. The van der Waals surface area contributed by atoms with Crippen LogP contribution in [0.3, 0.4) is 0 Å². The number of furan rings is 1. The van der Waals surface area contributed by atoms with Gasteiger partial charge in [-0.05, 0) is 18.6 Å². The van der Waals surface area contributed by atoms with Gasteiger partial charge in [0, 0.05) is 6.20 Å². The third-order valence-electron chi connectivity index (χ3n) is 3.22. The zero-order chi connectivity index (χ0) is 13.5. The molecule has 0 amide bonds. The van der Waals surface area contributed by atoms with Crippen LogP contribution in [0.25, 0.3) is 11.5 Å². The monoisotopic (exact) mass is 280 g/mol. The maximum Gasteiger partial charge on any atom is 0.154 e. The van der Waals surface area contributed by atoms with Gasteiger partial charge in [-0.3, -0.25) is 9.48 Å². The summed E-state index contributed by atoms with van der Waals surface area (Å²) in [5.41, 5.74) is 0.851. The predicted molar refractivity (Wildman–Crippen MR) is 67.6 cm³/mol. The van der Waals surface area contributed by atoms with E-state index in [0.717, 1.165) is 0 Å². The molecule has 19 heavy (non-hydrogen) atoms. The van der Waals surface area contributed by atoms with Crippen molar-refractivity contribution >= 4 is 16.1 Å². The number of carbonyl (C=O) groups is 1. The molecule has 0 spiro atoms. The largest absolute Gasteiger partial charge is 0.463 e. The lowest BCUT2D eigenvalue weighted by Gasteiger charge is -2.07. The molecule has 0 radical (unpaired) electrons. The van der Waals surface area contributed by atoms with Crippen molar-refractivity contribution in [1.29, 1.82) is 0 Å². The van der Waals surface area contributed by atoms with E-state index in [4.69, 9.17) is 4.42 Å². The smallest absolute Gasteiger partial charge is 0.154 e. The van der Waals surface area contributed by atoms with Crippen LogP contribution in [0.15, 0.2) is 29.0 Å². The van der Waals surface area contributed by atoms with Gasteiger partial charge in [-0.15, -0.1) is 0 Å². The summed E-state index contributed by atoms with van der Waals surface area (Å²) in [6.45, 7) is 0. The van der Waals surface area contributed by atoms with E-state index >= 15 is 0 Å². The average Bonchev–Trinajstić information content (AvgIpc) is 3.05. The standard InChI is InChI=1S/C12H12N2O4S/c15-7-9-6-14(10-3-5-19(16,17)8-10)13-12(9)11-2-1-4-18-11/h1-2,4,6-7,10H,3,5,8H2. The Labute approximate surface area is 109 Å². The molecule has 0 aromatic carbocycles. The van der Waals surface area contributed by atoms with Gasteiger partial charge in [0.05, 0.1) is 29.4 Å². The van der Waals surface area contributed by atoms with Crippen molar-refractivity contribution in [3.63, 3.8) is 0 Å². The van der Waals surface area contributed by atoms with Gasteiger partial charge in [0.25, 0.3) is 0 Å². The van der Waals surface area contributed by atoms with Gasteiger partial charge < -0.3 is 4.42 Å². The fourth-order valence-corrected chi connectivity index (χ4v) is 3.97. The summed E-state index contributed by atoms with van der Waals surface area (Å²) in [5, 5.41) is 4.30. The van der Waals surface area contributed by atoms with Crippen LogP contribution in [-0.4, -0.2) is 36.0 Å². The van der Waals surface area contributed by atoms with Crippen molar-refractivity contribution in [2.75, 3.05) is 11.5 Å². The zero-order valence-corrected chi connectivity index (χ0v) is 10.8. The van der Waals surface area contributed by atoms with Crippen molar-refractivity contribution in [2.45, 2.75) is 12.5 Å². The molecule has 1 atom stereocenters. The highest BCUT2D eigenvalue weighted by atomic mass is 32.2. The summed E-state index contributed by atoms with van der Waals surface area (Å²) in [7, 11) is -2.98. The lowest BCUT2D eigenvalue weighted by molar-refractivity contribution is 0.112. The SMILES string of the molecule is O=Cc1cn(C2CCS(=O)(=O)C2)nc1-c1ccco1. The van der Waals surface area contributed by atoms with E-state index in [9.17, 15) is 13.2 Å². The van der Waals surface area contributed by atoms with Gasteiger partial charge in [0.15, 0.2) is 21.9 Å². The second kappa shape index (κ2) is 4.34. The molecule has 2 aromatic heterocycles. The highest BCUT2D eigenvalue weighted by Crippen LogP contribution is 2.27. The molecule has 0 N–H and O–H groups in total. The van der Waals surface area contributed by atoms with E-state index in [1.54, 1.807) is 23.0 Å². The molecule has 0 saturated carbocycles. The summed E-state index contributed by atoms with van der Waals surface area (Å²) >= 11 is 0. The molecule has 2 aromatic rings. The first kappa shape index (κ1) is 12.2. The molecule has 6 nitrogen and oxygen atoms in total. The lowest BCUT2D eigenvalue weighted by atomic mass is 10.2. The Kier molecular flexibility index (Phi) is 2.78. The summed E-state index contributed by atoms with van der Waals surface area (Å²) in [4.78, 5) is 11.1. The number of aromatic nitrogens is 2. The molecule has 3 rings (SSSR count). The van der Waals surface area contributed by atoms with E-state index in [1.165, 1.54) is 6.26 Å². The molecule has 7 heteroatoms. The van der Waals surface area contributed by atoms with Gasteiger partial charge in [0.1, 0.15) is 5.69 Å². The van der Waals surface area contributed by atoms with Crippen molar-refractivity contribution in [2.24, 2.45) is 0 Å². The van der Waals surface area contributed by atoms with Crippen LogP contribution in [-0.2, 0) is 9.84 Å². The minimum absolute atomic E-state index is 0.0740. The van der Waals surface area contributed by atoms with E-state index in [2.05, 4.69) is 5.10 Å². The third kappa shape index (κ3) is 2.21. The topological polar surface area (TPSA) is 82.2 Å². The van der Waals surface area contributed by atoms with Crippen LogP contribution >= 0.6 is 0 Å². The number of hydrogen-bond donors (Lipinski definition) is 0. The molecule has 100 valence electrons. The maximum atomic E-state index is 11.5.